The molecule has 1 aliphatic rings. The number of hydrogen-bond acceptors (Lipinski definition) is 3. The van der Waals surface area contributed by atoms with Crippen molar-refractivity contribution in [1.29, 1.82) is 0 Å². The molecule has 18 heavy (non-hydrogen) atoms. The normalized spacial score (nSPS) is 27.4. The molecule has 0 aromatic rings. The second-order valence-electron chi connectivity index (χ2n) is 5.55. The van der Waals surface area contributed by atoms with Gasteiger partial charge in [0.15, 0.2) is 0 Å². The maximum atomic E-state index is 10.2. The Hall–Kier alpha value is -0.570. The molecule has 3 nitrogen and oxygen atoms in total. The average Bonchev–Trinajstić information content (AvgIpc) is 2.29. The van der Waals surface area contributed by atoms with Crippen LogP contribution in [0.15, 0.2) is 0 Å². The zero-order valence-corrected chi connectivity index (χ0v) is 12.6. The number of aliphatic hydroxyl groups is 1. The summed E-state index contributed by atoms with van der Waals surface area (Å²) in [5.74, 6) is 1.83. The van der Waals surface area contributed by atoms with Crippen molar-refractivity contribution < 1.29 is 14.6 Å². The fraction of sp³-hybridized carbons (Fsp3) is 0.933. The van der Waals surface area contributed by atoms with Gasteiger partial charge < -0.3 is 9.84 Å². The zero-order chi connectivity index (χ0) is 14.1. The predicted molar refractivity (Wildman–Crippen MR) is 74.3 cm³/mol. The van der Waals surface area contributed by atoms with Crippen molar-refractivity contribution in [2.75, 3.05) is 6.61 Å². The number of ether oxygens (including phenoxy) is 1. The van der Waals surface area contributed by atoms with Gasteiger partial charge in [-0.05, 0) is 37.5 Å². The van der Waals surface area contributed by atoms with E-state index in [1.54, 1.807) is 13.8 Å². The number of carbonyl (C=O) groups excluding carboxylic acids is 1. The standard InChI is InChI=1S/C10H20O.C5H10O2/c1-7(2)9-5-4-8(3)6-10(9)11;1-3-5(6)7-4-2/h7-11H,4-6H2,1-3H3;3-4H2,1-2H3. The molecule has 1 fully saturated rings. The first-order chi connectivity index (χ1) is 8.42. The van der Waals surface area contributed by atoms with Crippen molar-refractivity contribution in [3.8, 4) is 0 Å². The quantitative estimate of drug-likeness (QED) is 0.789. The molecule has 1 saturated carbocycles. The number of hydrogen-bond donors (Lipinski definition) is 1. The van der Waals surface area contributed by atoms with Gasteiger partial charge in [-0.2, -0.15) is 0 Å². The third-order valence-electron chi connectivity index (χ3n) is 3.58. The third kappa shape index (κ3) is 7.00. The van der Waals surface area contributed by atoms with Crippen LogP contribution < -0.4 is 0 Å². The van der Waals surface area contributed by atoms with Gasteiger partial charge in [0.05, 0.1) is 12.7 Å². The highest BCUT2D eigenvalue weighted by Crippen LogP contribution is 2.33. The van der Waals surface area contributed by atoms with Gasteiger partial charge >= 0.3 is 5.97 Å². The molecule has 1 aliphatic carbocycles. The first kappa shape index (κ1) is 17.4. The van der Waals surface area contributed by atoms with Gasteiger partial charge in [-0.3, -0.25) is 4.79 Å². The molecule has 0 radical (unpaired) electrons. The predicted octanol–water partition coefficient (Wildman–Crippen LogP) is 3.40. The Balaban J connectivity index is 0.000000360. The first-order valence-corrected chi connectivity index (χ1v) is 7.25. The smallest absolute Gasteiger partial charge is 0.305 e. The molecule has 0 amide bonds. The van der Waals surface area contributed by atoms with E-state index in [2.05, 4.69) is 25.5 Å². The van der Waals surface area contributed by atoms with E-state index in [9.17, 15) is 9.90 Å². The number of carbonyl (C=O) groups is 1. The van der Waals surface area contributed by atoms with Gasteiger partial charge in [0.2, 0.25) is 0 Å². The molecule has 3 atom stereocenters. The summed E-state index contributed by atoms with van der Waals surface area (Å²) in [5, 5.41) is 9.71. The lowest BCUT2D eigenvalue weighted by Gasteiger charge is -2.33. The summed E-state index contributed by atoms with van der Waals surface area (Å²) >= 11 is 0. The van der Waals surface area contributed by atoms with Crippen molar-refractivity contribution in [3.63, 3.8) is 0 Å². The van der Waals surface area contributed by atoms with E-state index in [0.717, 1.165) is 12.3 Å². The second kappa shape index (κ2) is 9.37. The van der Waals surface area contributed by atoms with E-state index in [1.165, 1.54) is 12.8 Å². The zero-order valence-electron chi connectivity index (χ0n) is 12.6. The molecule has 0 saturated heterocycles. The van der Waals surface area contributed by atoms with Crippen LogP contribution >= 0.6 is 0 Å². The summed E-state index contributed by atoms with van der Waals surface area (Å²) in [6.07, 6.45) is 4.00. The highest BCUT2D eigenvalue weighted by atomic mass is 16.5. The van der Waals surface area contributed by atoms with Gasteiger partial charge in [-0.25, -0.2) is 0 Å². The molecule has 1 rings (SSSR count). The summed E-state index contributed by atoms with van der Waals surface area (Å²) < 4.78 is 4.55. The molecule has 3 unspecified atom stereocenters. The van der Waals surface area contributed by atoms with E-state index in [-0.39, 0.29) is 12.1 Å². The molecule has 0 aromatic carbocycles. The van der Waals surface area contributed by atoms with E-state index >= 15 is 0 Å². The minimum absolute atomic E-state index is 0.0289. The monoisotopic (exact) mass is 258 g/mol. The van der Waals surface area contributed by atoms with E-state index < -0.39 is 0 Å². The molecule has 0 bridgehead atoms. The van der Waals surface area contributed by atoms with Gasteiger partial charge in [0, 0.05) is 6.42 Å². The molecule has 3 heteroatoms. The van der Waals surface area contributed by atoms with E-state index in [4.69, 9.17) is 0 Å². The lowest BCUT2D eigenvalue weighted by molar-refractivity contribution is -0.142. The van der Waals surface area contributed by atoms with E-state index in [0.29, 0.717) is 24.9 Å². The highest BCUT2D eigenvalue weighted by Gasteiger charge is 2.28. The van der Waals surface area contributed by atoms with Crippen LogP contribution in [-0.4, -0.2) is 23.8 Å². The largest absolute Gasteiger partial charge is 0.466 e. The number of rotatable bonds is 3. The Labute approximate surface area is 112 Å². The van der Waals surface area contributed by atoms with E-state index in [1.807, 2.05) is 0 Å². The SMILES string of the molecule is CC1CCC(C(C)C)C(O)C1.CCOC(=O)CC. The molecule has 0 spiro atoms. The van der Waals surface area contributed by atoms with Crippen molar-refractivity contribution >= 4 is 5.97 Å². The summed E-state index contributed by atoms with van der Waals surface area (Å²) in [6.45, 7) is 10.7. The maximum absolute atomic E-state index is 10.2. The van der Waals surface area contributed by atoms with Crippen molar-refractivity contribution in [1.82, 2.24) is 0 Å². The first-order valence-electron chi connectivity index (χ1n) is 7.25. The molecule has 0 aliphatic heterocycles. The maximum Gasteiger partial charge on any atom is 0.305 e. The van der Waals surface area contributed by atoms with Gasteiger partial charge in [-0.15, -0.1) is 0 Å². The molecular weight excluding hydrogens is 228 g/mol. The van der Waals surface area contributed by atoms with Crippen molar-refractivity contribution in [3.05, 3.63) is 0 Å². The summed E-state index contributed by atoms with van der Waals surface area (Å²) in [6, 6.07) is 0. The van der Waals surface area contributed by atoms with Crippen LogP contribution in [0.5, 0.6) is 0 Å². The van der Waals surface area contributed by atoms with Crippen LogP contribution in [-0.2, 0) is 9.53 Å². The van der Waals surface area contributed by atoms with Gasteiger partial charge in [-0.1, -0.05) is 34.1 Å². The highest BCUT2D eigenvalue weighted by molar-refractivity contribution is 5.68. The molecule has 108 valence electrons. The van der Waals surface area contributed by atoms with Crippen molar-refractivity contribution in [2.45, 2.75) is 66.4 Å². The van der Waals surface area contributed by atoms with Crippen LogP contribution in [0.25, 0.3) is 0 Å². The Bertz CT molecular complexity index is 226. The fourth-order valence-electron chi connectivity index (χ4n) is 2.41. The Morgan fingerprint density at radius 2 is 1.94 bits per heavy atom. The van der Waals surface area contributed by atoms with Gasteiger partial charge in [0.25, 0.3) is 0 Å². The van der Waals surface area contributed by atoms with Crippen LogP contribution in [0.3, 0.4) is 0 Å². The Morgan fingerprint density at radius 3 is 2.28 bits per heavy atom. The third-order valence-corrected chi connectivity index (χ3v) is 3.58. The van der Waals surface area contributed by atoms with Crippen LogP contribution in [0.2, 0.25) is 0 Å². The topological polar surface area (TPSA) is 46.5 Å². The summed E-state index contributed by atoms with van der Waals surface area (Å²) in [7, 11) is 0. The second-order valence-corrected chi connectivity index (χ2v) is 5.55. The minimum Gasteiger partial charge on any atom is -0.466 e. The minimum atomic E-state index is -0.123. The number of aliphatic hydroxyl groups excluding tert-OH is 1. The van der Waals surface area contributed by atoms with Crippen LogP contribution in [0, 0.1) is 17.8 Å². The van der Waals surface area contributed by atoms with Crippen molar-refractivity contribution in [2.24, 2.45) is 17.8 Å². The lowest BCUT2D eigenvalue weighted by atomic mass is 9.75. The average molecular weight is 258 g/mol. The number of esters is 1. The summed E-state index contributed by atoms with van der Waals surface area (Å²) in [5.41, 5.74) is 0. The molecule has 0 heterocycles. The Kier molecular flexibility index (Phi) is 9.08. The molecule has 1 N–H and O–H groups in total. The van der Waals surface area contributed by atoms with Crippen LogP contribution in [0.4, 0.5) is 0 Å². The fourth-order valence-corrected chi connectivity index (χ4v) is 2.41. The molecule has 0 aromatic heterocycles. The van der Waals surface area contributed by atoms with Crippen LogP contribution in [0.1, 0.15) is 60.3 Å². The lowest BCUT2D eigenvalue weighted by Crippen LogP contribution is -2.31. The Morgan fingerprint density at radius 1 is 1.33 bits per heavy atom. The summed E-state index contributed by atoms with van der Waals surface area (Å²) in [4.78, 5) is 10.2. The van der Waals surface area contributed by atoms with Gasteiger partial charge in [0.1, 0.15) is 0 Å². The molecular formula is C15H30O3.